The van der Waals surface area contributed by atoms with E-state index in [0.717, 1.165) is 31.0 Å². The Morgan fingerprint density at radius 3 is 2.24 bits per heavy atom. The molecule has 1 amide bonds. The summed E-state index contributed by atoms with van der Waals surface area (Å²) in [5.74, 6) is -0.708. The van der Waals surface area contributed by atoms with Gasteiger partial charge >= 0.3 is 6.18 Å². The summed E-state index contributed by atoms with van der Waals surface area (Å²) < 4.78 is 45.4. The summed E-state index contributed by atoms with van der Waals surface area (Å²) in [6.07, 6.45) is -2.77. The Kier molecular flexibility index (Phi) is 6.41. The molecule has 33 heavy (non-hydrogen) atoms. The van der Waals surface area contributed by atoms with Crippen LogP contribution < -0.4 is 15.1 Å². The molecule has 2 fully saturated rings. The molecule has 2 aromatic carbocycles. The van der Waals surface area contributed by atoms with Gasteiger partial charge in [-0.05, 0) is 37.1 Å². The van der Waals surface area contributed by atoms with Crippen molar-refractivity contribution in [1.29, 1.82) is 0 Å². The van der Waals surface area contributed by atoms with E-state index in [-0.39, 0.29) is 16.9 Å². The quantitative estimate of drug-likeness (QED) is 0.524. The summed E-state index contributed by atoms with van der Waals surface area (Å²) in [5.41, 5.74) is -0.149. The van der Waals surface area contributed by atoms with E-state index >= 15 is 0 Å². The highest BCUT2D eigenvalue weighted by Crippen LogP contribution is 2.37. The second kappa shape index (κ2) is 9.26. The normalized spacial score (nSPS) is 16.7. The molecule has 0 aliphatic carbocycles. The van der Waals surface area contributed by atoms with Gasteiger partial charge in [0.05, 0.1) is 46.3 Å². The number of rotatable bonds is 5. The predicted molar refractivity (Wildman–Crippen MR) is 117 cm³/mol. The number of carbonyl (C=O) groups excluding carboxylic acids is 1. The Bertz CT molecular complexity index is 1050. The number of non-ortho nitro benzene ring substituents is 1. The van der Waals surface area contributed by atoms with E-state index < -0.39 is 22.6 Å². The largest absolute Gasteiger partial charge is 0.416 e. The lowest BCUT2D eigenvalue weighted by atomic mass is 10.1. The fraction of sp³-hybridized carbons (Fsp3) is 0.409. The van der Waals surface area contributed by atoms with Crippen molar-refractivity contribution in [2.45, 2.75) is 19.0 Å². The Labute approximate surface area is 188 Å². The fourth-order valence-electron chi connectivity index (χ4n) is 4.14. The molecule has 0 saturated carbocycles. The van der Waals surface area contributed by atoms with Crippen molar-refractivity contribution >= 4 is 28.7 Å². The molecule has 2 aromatic rings. The van der Waals surface area contributed by atoms with Gasteiger partial charge in [0.25, 0.3) is 11.6 Å². The first-order chi connectivity index (χ1) is 15.7. The summed E-state index contributed by atoms with van der Waals surface area (Å²) in [6, 6.07) is 7.23. The highest BCUT2D eigenvalue weighted by Gasteiger charge is 2.32. The van der Waals surface area contributed by atoms with E-state index in [1.807, 2.05) is 9.80 Å². The molecule has 0 unspecified atom stereocenters. The lowest BCUT2D eigenvalue weighted by Gasteiger charge is -2.30. The molecule has 2 heterocycles. The first kappa shape index (κ1) is 22.8. The summed E-state index contributed by atoms with van der Waals surface area (Å²) in [6.45, 7) is 3.19. The van der Waals surface area contributed by atoms with E-state index in [2.05, 4.69) is 5.32 Å². The number of morpholine rings is 1. The third-order valence-electron chi connectivity index (χ3n) is 5.81. The SMILES string of the molecule is O=C(Nc1cc(C(F)(F)F)ccc1N1CCCC1)c1cc([N+](=O)[O-])ccc1N1CCOCC1. The second-order valence-corrected chi connectivity index (χ2v) is 7.94. The van der Waals surface area contributed by atoms with Crippen molar-refractivity contribution < 1.29 is 27.6 Å². The van der Waals surface area contributed by atoms with Crippen LogP contribution in [0.3, 0.4) is 0 Å². The molecule has 1 N–H and O–H groups in total. The van der Waals surface area contributed by atoms with E-state index in [1.54, 1.807) is 0 Å². The van der Waals surface area contributed by atoms with Gasteiger partial charge in [0.1, 0.15) is 0 Å². The van der Waals surface area contributed by atoms with Crippen LogP contribution in [0.5, 0.6) is 0 Å². The van der Waals surface area contributed by atoms with Gasteiger partial charge in [0.15, 0.2) is 0 Å². The van der Waals surface area contributed by atoms with Crippen molar-refractivity contribution in [2.24, 2.45) is 0 Å². The van der Waals surface area contributed by atoms with Crippen LogP contribution in [0.2, 0.25) is 0 Å². The van der Waals surface area contributed by atoms with E-state index in [0.29, 0.717) is 50.8 Å². The molecule has 0 spiro atoms. The molecule has 4 rings (SSSR count). The highest BCUT2D eigenvalue weighted by molar-refractivity contribution is 6.10. The van der Waals surface area contributed by atoms with Crippen LogP contribution in [0.25, 0.3) is 0 Å². The van der Waals surface area contributed by atoms with Crippen LogP contribution in [-0.2, 0) is 10.9 Å². The van der Waals surface area contributed by atoms with Gasteiger partial charge in [-0.1, -0.05) is 0 Å². The number of hydrogen-bond donors (Lipinski definition) is 1. The van der Waals surface area contributed by atoms with Gasteiger partial charge in [-0.15, -0.1) is 0 Å². The molecule has 0 aromatic heterocycles. The average Bonchev–Trinajstić information content (AvgIpc) is 3.33. The molecular formula is C22H23F3N4O4. The molecule has 176 valence electrons. The smallest absolute Gasteiger partial charge is 0.378 e. The Morgan fingerprint density at radius 2 is 1.61 bits per heavy atom. The minimum Gasteiger partial charge on any atom is -0.378 e. The van der Waals surface area contributed by atoms with Gasteiger partial charge in [0.2, 0.25) is 0 Å². The molecule has 0 bridgehead atoms. The molecule has 11 heteroatoms. The lowest BCUT2D eigenvalue weighted by Crippen LogP contribution is -2.37. The number of amides is 1. The number of hydrogen-bond acceptors (Lipinski definition) is 6. The van der Waals surface area contributed by atoms with Crippen LogP contribution in [-0.4, -0.2) is 50.2 Å². The van der Waals surface area contributed by atoms with Gasteiger partial charge in [-0.3, -0.25) is 14.9 Å². The maximum atomic E-state index is 13.4. The van der Waals surface area contributed by atoms with Crippen molar-refractivity contribution in [3.63, 3.8) is 0 Å². The minimum absolute atomic E-state index is 0.0240. The monoisotopic (exact) mass is 464 g/mol. The Balaban J connectivity index is 1.72. The number of nitrogens with one attached hydrogen (secondary N) is 1. The second-order valence-electron chi connectivity index (χ2n) is 7.94. The fourth-order valence-corrected chi connectivity index (χ4v) is 4.14. The van der Waals surface area contributed by atoms with E-state index in [9.17, 15) is 28.1 Å². The molecular weight excluding hydrogens is 441 g/mol. The van der Waals surface area contributed by atoms with Crippen LogP contribution in [0.1, 0.15) is 28.8 Å². The first-order valence-corrected chi connectivity index (χ1v) is 10.6. The maximum absolute atomic E-state index is 13.4. The number of carbonyl (C=O) groups is 1. The van der Waals surface area contributed by atoms with E-state index in [4.69, 9.17) is 4.74 Å². The van der Waals surface area contributed by atoms with Gasteiger partial charge in [-0.25, -0.2) is 0 Å². The number of anilines is 3. The molecule has 2 saturated heterocycles. The van der Waals surface area contributed by atoms with Crippen LogP contribution >= 0.6 is 0 Å². The number of ether oxygens (including phenoxy) is 1. The molecule has 8 nitrogen and oxygen atoms in total. The summed E-state index contributed by atoms with van der Waals surface area (Å²) in [4.78, 5) is 27.8. The Hall–Kier alpha value is -3.34. The first-order valence-electron chi connectivity index (χ1n) is 10.6. The highest BCUT2D eigenvalue weighted by atomic mass is 19.4. The van der Waals surface area contributed by atoms with Crippen molar-refractivity contribution in [3.8, 4) is 0 Å². The molecule has 2 aliphatic heterocycles. The third-order valence-corrected chi connectivity index (χ3v) is 5.81. The van der Waals surface area contributed by atoms with Crippen LogP contribution in [0.4, 0.5) is 35.9 Å². The summed E-state index contributed by atoms with van der Waals surface area (Å²) in [5, 5.41) is 13.9. The van der Waals surface area contributed by atoms with Gasteiger partial charge in [0, 0.05) is 38.3 Å². The average molecular weight is 464 g/mol. The number of benzene rings is 2. The third kappa shape index (κ3) is 5.03. The Morgan fingerprint density at radius 1 is 0.970 bits per heavy atom. The van der Waals surface area contributed by atoms with Crippen LogP contribution in [0, 0.1) is 10.1 Å². The van der Waals surface area contributed by atoms with Gasteiger partial charge < -0.3 is 19.9 Å². The molecule has 0 atom stereocenters. The van der Waals surface area contributed by atoms with Crippen LogP contribution in [0.15, 0.2) is 36.4 Å². The maximum Gasteiger partial charge on any atom is 0.416 e. The van der Waals surface area contributed by atoms with E-state index in [1.165, 1.54) is 18.2 Å². The standard InChI is InChI=1S/C22H23F3N4O4/c23-22(24,25)15-3-5-20(27-7-1-2-8-27)18(13-15)26-21(30)17-14-16(29(31)32)4-6-19(17)28-9-11-33-12-10-28/h3-6,13-14H,1-2,7-12H2,(H,26,30). The lowest BCUT2D eigenvalue weighted by molar-refractivity contribution is -0.384. The number of nitro benzene ring substituents is 1. The minimum atomic E-state index is -4.58. The summed E-state index contributed by atoms with van der Waals surface area (Å²) in [7, 11) is 0. The topological polar surface area (TPSA) is 88.0 Å². The van der Waals surface area contributed by atoms with Gasteiger partial charge in [-0.2, -0.15) is 13.2 Å². The number of nitro groups is 1. The zero-order chi connectivity index (χ0) is 23.6. The molecule has 2 aliphatic rings. The number of alkyl halides is 3. The van der Waals surface area contributed by atoms with Crippen molar-refractivity contribution in [1.82, 2.24) is 0 Å². The van der Waals surface area contributed by atoms with Crippen molar-refractivity contribution in [3.05, 3.63) is 57.6 Å². The zero-order valence-electron chi connectivity index (χ0n) is 17.7. The molecule has 0 radical (unpaired) electrons. The number of nitrogens with zero attached hydrogens (tertiary/aromatic N) is 3. The summed E-state index contributed by atoms with van der Waals surface area (Å²) >= 11 is 0. The number of halogens is 3. The van der Waals surface area contributed by atoms with Crippen molar-refractivity contribution in [2.75, 3.05) is 54.5 Å². The predicted octanol–water partition coefficient (Wildman–Crippen LogP) is 4.30. The zero-order valence-corrected chi connectivity index (χ0v) is 17.7.